The molecule has 3 rings (SSSR count). The maximum Gasteiger partial charge on any atom is 0.258 e. The lowest BCUT2D eigenvalue weighted by molar-refractivity contribution is -0.123. The predicted octanol–water partition coefficient (Wildman–Crippen LogP) is 4.62. The summed E-state index contributed by atoms with van der Waals surface area (Å²) >= 11 is 0. The predicted molar refractivity (Wildman–Crippen MR) is 114 cm³/mol. The van der Waals surface area contributed by atoms with E-state index in [-0.39, 0.29) is 18.6 Å². The first kappa shape index (κ1) is 21.0. The Labute approximate surface area is 173 Å². The van der Waals surface area contributed by atoms with Crippen molar-refractivity contribution in [1.29, 1.82) is 0 Å². The molecule has 1 unspecified atom stereocenters. The standard InChI is InChI=1S/C24H31NO4/c1-4-27-22-13-11-19(15-23(22)28-5-2)17(3)25-24(26)16-29-21-12-10-18-8-6-7-9-20(18)14-21/h10-15,17H,4-9,16H2,1-3H3,(H,25,26). The molecule has 156 valence electrons. The lowest BCUT2D eigenvalue weighted by atomic mass is 9.92. The van der Waals surface area contributed by atoms with E-state index in [4.69, 9.17) is 14.2 Å². The number of hydrogen-bond donors (Lipinski definition) is 1. The van der Waals surface area contributed by atoms with Crippen molar-refractivity contribution in [3.05, 3.63) is 53.1 Å². The van der Waals surface area contributed by atoms with Crippen LogP contribution in [-0.4, -0.2) is 25.7 Å². The van der Waals surface area contributed by atoms with Gasteiger partial charge in [0.1, 0.15) is 5.75 Å². The highest BCUT2D eigenvalue weighted by molar-refractivity contribution is 5.78. The number of aryl methyl sites for hydroxylation is 2. The van der Waals surface area contributed by atoms with Crippen LogP contribution in [0.15, 0.2) is 36.4 Å². The summed E-state index contributed by atoms with van der Waals surface area (Å²) in [6.45, 7) is 6.95. The van der Waals surface area contributed by atoms with Crippen LogP contribution < -0.4 is 19.5 Å². The maximum absolute atomic E-state index is 12.4. The van der Waals surface area contributed by atoms with Crippen molar-refractivity contribution >= 4 is 5.91 Å². The SMILES string of the molecule is CCOc1ccc(C(C)NC(=O)COc2ccc3c(c2)CCCC3)cc1OCC. The first-order chi connectivity index (χ1) is 14.1. The number of fused-ring (bicyclic) bond motifs is 1. The van der Waals surface area contributed by atoms with E-state index in [1.165, 1.54) is 24.0 Å². The van der Waals surface area contributed by atoms with Gasteiger partial charge in [-0.2, -0.15) is 0 Å². The second-order valence-corrected chi connectivity index (χ2v) is 7.29. The minimum atomic E-state index is -0.162. The van der Waals surface area contributed by atoms with Crippen molar-refractivity contribution in [3.63, 3.8) is 0 Å². The molecule has 0 saturated heterocycles. The average molecular weight is 398 g/mol. The Morgan fingerprint density at radius 3 is 2.41 bits per heavy atom. The molecule has 5 heteroatoms. The van der Waals surface area contributed by atoms with Gasteiger partial charge in [-0.05, 0) is 87.4 Å². The van der Waals surface area contributed by atoms with Crippen LogP contribution in [0.1, 0.15) is 56.3 Å². The summed E-state index contributed by atoms with van der Waals surface area (Å²) in [6, 6.07) is 11.8. The van der Waals surface area contributed by atoms with Crippen LogP contribution in [0.25, 0.3) is 0 Å². The van der Waals surface area contributed by atoms with Gasteiger partial charge >= 0.3 is 0 Å². The van der Waals surface area contributed by atoms with Crippen molar-refractivity contribution < 1.29 is 19.0 Å². The van der Waals surface area contributed by atoms with Crippen molar-refractivity contribution in [2.75, 3.05) is 19.8 Å². The van der Waals surface area contributed by atoms with E-state index in [0.717, 1.165) is 24.2 Å². The third-order valence-electron chi connectivity index (χ3n) is 5.13. The van der Waals surface area contributed by atoms with Crippen LogP contribution in [0.3, 0.4) is 0 Å². The van der Waals surface area contributed by atoms with Crippen LogP contribution >= 0.6 is 0 Å². The molecule has 0 aromatic heterocycles. The highest BCUT2D eigenvalue weighted by atomic mass is 16.5. The second kappa shape index (κ2) is 10.2. The Morgan fingerprint density at radius 1 is 0.931 bits per heavy atom. The average Bonchev–Trinajstić information content (AvgIpc) is 2.73. The zero-order valence-electron chi connectivity index (χ0n) is 17.6. The molecule has 2 aromatic carbocycles. The molecule has 0 bridgehead atoms. The molecule has 0 saturated carbocycles. The first-order valence-corrected chi connectivity index (χ1v) is 10.5. The van der Waals surface area contributed by atoms with E-state index in [9.17, 15) is 4.79 Å². The van der Waals surface area contributed by atoms with Gasteiger partial charge in [0.05, 0.1) is 19.3 Å². The molecular formula is C24H31NO4. The third-order valence-corrected chi connectivity index (χ3v) is 5.13. The fourth-order valence-corrected chi connectivity index (χ4v) is 3.65. The molecule has 5 nitrogen and oxygen atoms in total. The Kier molecular flexibility index (Phi) is 7.39. The fourth-order valence-electron chi connectivity index (χ4n) is 3.65. The summed E-state index contributed by atoms with van der Waals surface area (Å²) in [5.41, 5.74) is 3.71. The van der Waals surface area contributed by atoms with Gasteiger partial charge in [-0.3, -0.25) is 4.79 Å². The molecule has 0 radical (unpaired) electrons. The van der Waals surface area contributed by atoms with Crippen LogP contribution in [-0.2, 0) is 17.6 Å². The third kappa shape index (κ3) is 5.66. The highest BCUT2D eigenvalue weighted by Gasteiger charge is 2.15. The smallest absolute Gasteiger partial charge is 0.258 e. The summed E-state index contributed by atoms with van der Waals surface area (Å²) < 4.78 is 17.0. The summed E-state index contributed by atoms with van der Waals surface area (Å²) in [5, 5.41) is 2.99. The number of benzene rings is 2. The molecular weight excluding hydrogens is 366 g/mol. The lowest BCUT2D eigenvalue weighted by Crippen LogP contribution is -2.31. The van der Waals surface area contributed by atoms with E-state index in [0.29, 0.717) is 24.7 Å². The van der Waals surface area contributed by atoms with Gasteiger partial charge in [0.2, 0.25) is 0 Å². The summed E-state index contributed by atoms with van der Waals surface area (Å²) in [4.78, 5) is 12.4. The number of amides is 1. The van der Waals surface area contributed by atoms with Crippen LogP contribution in [0.5, 0.6) is 17.2 Å². The largest absolute Gasteiger partial charge is 0.490 e. The highest BCUT2D eigenvalue weighted by Crippen LogP contribution is 2.31. The summed E-state index contributed by atoms with van der Waals surface area (Å²) in [7, 11) is 0. The monoisotopic (exact) mass is 397 g/mol. The van der Waals surface area contributed by atoms with Gasteiger partial charge in [-0.15, -0.1) is 0 Å². The van der Waals surface area contributed by atoms with E-state index < -0.39 is 0 Å². The number of rotatable bonds is 9. The molecule has 1 atom stereocenters. The number of carbonyl (C=O) groups is 1. The minimum Gasteiger partial charge on any atom is -0.490 e. The van der Waals surface area contributed by atoms with Crippen LogP contribution in [0.4, 0.5) is 0 Å². The van der Waals surface area contributed by atoms with Crippen molar-refractivity contribution in [1.82, 2.24) is 5.32 Å². The topological polar surface area (TPSA) is 56.8 Å². The van der Waals surface area contributed by atoms with E-state index in [2.05, 4.69) is 17.4 Å². The number of carbonyl (C=O) groups excluding carboxylic acids is 1. The van der Waals surface area contributed by atoms with Crippen LogP contribution in [0, 0.1) is 0 Å². The van der Waals surface area contributed by atoms with E-state index in [1.807, 2.05) is 45.0 Å². The van der Waals surface area contributed by atoms with Gasteiger partial charge in [0.15, 0.2) is 18.1 Å². The molecule has 29 heavy (non-hydrogen) atoms. The zero-order chi connectivity index (χ0) is 20.6. The quantitative estimate of drug-likeness (QED) is 0.671. The second-order valence-electron chi connectivity index (χ2n) is 7.29. The zero-order valence-corrected chi connectivity index (χ0v) is 17.6. The number of hydrogen-bond acceptors (Lipinski definition) is 4. The van der Waals surface area contributed by atoms with E-state index >= 15 is 0 Å². The van der Waals surface area contributed by atoms with Gasteiger partial charge in [0, 0.05) is 0 Å². The molecule has 1 aliphatic carbocycles. The van der Waals surface area contributed by atoms with Crippen molar-refractivity contribution in [2.45, 2.75) is 52.5 Å². The van der Waals surface area contributed by atoms with Crippen LogP contribution in [0.2, 0.25) is 0 Å². The summed E-state index contributed by atoms with van der Waals surface area (Å²) in [5.74, 6) is 2.01. The lowest BCUT2D eigenvalue weighted by Gasteiger charge is -2.18. The fraction of sp³-hybridized carbons (Fsp3) is 0.458. The Bertz CT molecular complexity index is 834. The van der Waals surface area contributed by atoms with Crippen molar-refractivity contribution in [2.24, 2.45) is 0 Å². The van der Waals surface area contributed by atoms with Gasteiger partial charge in [0.25, 0.3) is 5.91 Å². The Balaban J connectivity index is 1.56. The molecule has 0 heterocycles. The van der Waals surface area contributed by atoms with Gasteiger partial charge in [-0.25, -0.2) is 0 Å². The van der Waals surface area contributed by atoms with E-state index in [1.54, 1.807) is 0 Å². The minimum absolute atomic E-state index is 0.00151. The summed E-state index contributed by atoms with van der Waals surface area (Å²) in [6.07, 6.45) is 4.71. The molecule has 1 N–H and O–H groups in total. The number of nitrogens with one attached hydrogen (secondary N) is 1. The van der Waals surface area contributed by atoms with Gasteiger partial charge in [-0.1, -0.05) is 12.1 Å². The molecule has 0 aliphatic heterocycles. The Hall–Kier alpha value is -2.69. The van der Waals surface area contributed by atoms with Gasteiger partial charge < -0.3 is 19.5 Å². The first-order valence-electron chi connectivity index (χ1n) is 10.5. The number of ether oxygens (including phenoxy) is 3. The molecule has 1 amide bonds. The molecule has 0 spiro atoms. The molecule has 0 fully saturated rings. The van der Waals surface area contributed by atoms with Crippen molar-refractivity contribution in [3.8, 4) is 17.2 Å². The molecule has 2 aromatic rings. The molecule has 1 aliphatic rings. The Morgan fingerprint density at radius 2 is 1.66 bits per heavy atom. The maximum atomic E-state index is 12.4. The normalized spacial score (nSPS) is 13.9.